The van der Waals surface area contributed by atoms with Crippen LogP contribution in [0.25, 0.3) is 10.9 Å². The standard InChI is InChI=1S/C21H22ClN3O3S/c1-14(15-6-4-3-5-7-15)23-19(26)13-29-21-24-18-12-16(22)8-9-17(18)20(27)25(21)10-11-28-2/h3-9,12,14H,10-11,13H2,1-2H3,(H,23,26)/t14-/m0/s1. The summed E-state index contributed by atoms with van der Waals surface area (Å²) in [5, 5.41) is 4.42. The topological polar surface area (TPSA) is 73.2 Å². The van der Waals surface area contributed by atoms with E-state index >= 15 is 0 Å². The van der Waals surface area contributed by atoms with Gasteiger partial charge < -0.3 is 10.1 Å². The molecule has 2 aromatic carbocycles. The number of aromatic nitrogens is 2. The van der Waals surface area contributed by atoms with Crippen molar-refractivity contribution < 1.29 is 9.53 Å². The van der Waals surface area contributed by atoms with Crippen LogP contribution in [-0.4, -0.2) is 34.9 Å². The van der Waals surface area contributed by atoms with E-state index < -0.39 is 0 Å². The molecule has 0 spiro atoms. The molecule has 0 aliphatic rings. The van der Waals surface area contributed by atoms with E-state index in [4.69, 9.17) is 16.3 Å². The number of carbonyl (C=O) groups excluding carboxylic acids is 1. The molecule has 6 nitrogen and oxygen atoms in total. The molecule has 3 rings (SSSR count). The van der Waals surface area contributed by atoms with E-state index in [-0.39, 0.29) is 23.3 Å². The molecule has 0 bridgehead atoms. The largest absolute Gasteiger partial charge is 0.383 e. The number of thioether (sulfide) groups is 1. The summed E-state index contributed by atoms with van der Waals surface area (Å²) in [4.78, 5) is 29.9. The van der Waals surface area contributed by atoms with E-state index in [1.807, 2.05) is 37.3 Å². The van der Waals surface area contributed by atoms with Gasteiger partial charge in [0.1, 0.15) is 0 Å². The molecule has 0 fully saturated rings. The first-order valence-corrected chi connectivity index (χ1v) is 10.5. The second-order valence-corrected chi connectivity index (χ2v) is 7.87. The number of methoxy groups -OCH3 is 1. The third kappa shape index (κ3) is 5.38. The molecular weight excluding hydrogens is 410 g/mol. The second kappa shape index (κ2) is 9.91. The number of amides is 1. The van der Waals surface area contributed by atoms with E-state index in [0.29, 0.717) is 34.2 Å². The van der Waals surface area contributed by atoms with E-state index in [1.54, 1.807) is 25.3 Å². The van der Waals surface area contributed by atoms with Crippen molar-refractivity contribution in [1.82, 2.24) is 14.9 Å². The number of fused-ring (bicyclic) bond motifs is 1. The highest BCUT2D eigenvalue weighted by Crippen LogP contribution is 2.21. The quantitative estimate of drug-likeness (QED) is 0.435. The normalized spacial score (nSPS) is 12.1. The van der Waals surface area contributed by atoms with Crippen LogP contribution in [-0.2, 0) is 16.1 Å². The predicted octanol–water partition coefficient (Wildman–Crippen LogP) is 3.67. The van der Waals surface area contributed by atoms with Crippen LogP contribution in [0, 0.1) is 0 Å². The fourth-order valence-corrected chi connectivity index (χ4v) is 3.90. The Labute approximate surface area is 178 Å². The minimum Gasteiger partial charge on any atom is -0.383 e. The SMILES string of the molecule is COCCn1c(SCC(=O)N[C@@H](C)c2ccccc2)nc2cc(Cl)ccc2c1=O. The van der Waals surface area contributed by atoms with Gasteiger partial charge >= 0.3 is 0 Å². The molecule has 3 aromatic rings. The number of halogens is 1. The summed E-state index contributed by atoms with van der Waals surface area (Å²) >= 11 is 7.27. The van der Waals surface area contributed by atoms with Gasteiger partial charge in [-0.3, -0.25) is 14.2 Å². The van der Waals surface area contributed by atoms with E-state index in [0.717, 1.165) is 5.56 Å². The summed E-state index contributed by atoms with van der Waals surface area (Å²) in [6.45, 7) is 2.65. The summed E-state index contributed by atoms with van der Waals surface area (Å²) in [5.74, 6) is 0.00735. The number of hydrogen-bond acceptors (Lipinski definition) is 5. The van der Waals surface area contributed by atoms with Crippen LogP contribution in [0.5, 0.6) is 0 Å². The zero-order chi connectivity index (χ0) is 20.8. The highest BCUT2D eigenvalue weighted by Gasteiger charge is 2.15. The lowest BCUT2D eigenvalue weighted by atomic mass is 10.1. The maximum Gasteiger partial charge on any atom is 0.262 e. The Hall–Kier alpha value is -2.35. The first kappa shape index (κ1) is 21.4. The van der Waals surface area contributed by atoms with Crippen LogP contribution in [0.3, 0.4) is 0 Å². The van der Waals surface area contributed by atoms with Gasteiger partial charge in [0, 0.05) is 12.1 Å². The van der Waals surface area contributed by atoms with Crippen LogP contribution < -0.4 is 10.9 Å². The lowest BCUT2D eigenvalue weighted by Gasteiger charge is -2.15. The molecule has 1 N–H and O–H groups in total. The first-order valence-electron chi connectivity index (χ1n) is 9.15. The Morgan fingerprint density at radius 2 is 2.03 bits per heavy atom. The van der Waals surface area contributed by atoms with Gasteiger partial charge in [0.15, 0.2) is 5.16 Å². The van der Waals surface area contributed by atoms with Gasteiger partial charge in [-0.1, -0.05) is 53.7 Å². The number of benzene rings is 2. The van der Waals surface area contributed by atoms with Crippen molar-refractivity contribution in [3.05, 3.63) is 69.5 Å². The Morgan fingerprint density at radius 1 is 1.28 bits per heavy atom. The molecule has 0 unspecified atom stereocenters. The predicted molar refractivity (Wildman–Crippen MR) is 117 cm³/mol. The summed E-state index contributed by atoms with van der Waals surface area (Å²) < 4.78 is 6.66. The molecule has 0 radical (unpaired) electrons. The first-order chi connectivity index (χ1) is 14.0. The third-order valence-electron chi connectivity index (χ3n) is 4.41. The number of ether oxygens (including phenoxy) is 1. The molecule has 29 heavy (non-hydrogen) atoms. The van der Waals surface area contributed by atoms with E-state index in [9.17, 15) is 9.59 Å². The zero-order valence-electron chi connectivity index (χ0n) is 16.2. The van der Waals surface area contributed by atoms with Crippen LogP contribution >= 0.6 is 23.4 Å². The summed E-state index contributed by atoms with van der Waals surface area (Å²) in [5.41, 5.74) is 1.36. The van der Waals surface area contributed by atoms with Crippen molar-refractivity contribution in [3.8, 4) is 0 Å². The Morgan fingerprint density at radius 3 is 2.76 bits per heavy atom. The van der Waals surface area contributed by atoms with Crippen LogP contribution in [0.2, 0.25) is 5.02 Å². The van der Waals surface area contributed by atoms with Gasteiger partial charge in [0.2, 0.25) is 5.91 Å². The molecule has 1 atom stereocenters. The van der Waals surface area contributed by atoms with Gasteiger partial charge in [-0.15, -0.1) is 0 Å². The van der Waals surface area contributed by atoms with Crippen LogP contribution in [0.15, 0.2) is 58.5 Å². The van der Waals surface area contributed by atoms with Crippen molar-refractivity contribution in [2.75, 3.05) is 19.5 Å². The number of nitrogens with zero attached hydrogens (tertiary/aromatic N) is 2. The van der Waals surface area contributed by atoms with Crippen molar-refractivity contribution >= 4 is 40.2 Å². The smallest absolute Gasteiger partial charge is 0.262 e. The number of hydrogen-bond donors (Lipinski definition) is 1. The molecule has 0 saturated carbocycles. The van der Waals surface area contributed by atoms with Crippen LogP contribution in [0.1, 0.15) is 18.5 Å². The maximum atomic E-state index is 12.9. The van der Waals surface area contributed by atoms with Crippen molar-refractivity contribution in [1.29, 1.82) is 0 Å². The lowest BCUT2D eigenvalue weighted by molar-refractivity contribution is -0.119. The number of rotatable bonds is 8. The second-order valence-electron chi connectivity index (χ2n) is 6.49. The van der Waals surface area contributed by atoms with Gasteiger partial charge in [-0.25, -0.2) is 4.98 Å². The molecule has 152 valence electrons. The zero-order valence-corrected chi connectivity index (χ0v) is 17.8. The molecule has 1 heterocycles. The molecule has 0 aliphatic heterocycles. The Kier molecular flexibility index (Phi) is 7.30. The lowest BCUT2D eigenvalue weighted by Crippen LogP contribution is -2.29. The highest BCUT2D eigenvalue weighted by atomic mass is 35.5. The van der Waals surface area contributed by atoms with Crippen molar-refractivity contribution in [3.63, 3.8) is 0 Å². The number of nitrogens with one attached hydrogen (secondary N) is 1. The van der Waals surface area contributed by atoms with Gasteiger partial charge in [0.05, 0.1) is 35.8 Å². The minimum absolute atomic E-state index is 0.108. The molecule has 0 saturated heterocycles. The van der Waals surface area contributed by atoms with Crippen molar-refractivity contribution in [2.45, 2.75) is 24.7 Å². The molecular formula is C21H22ClN3O3S. The average Bonchev–Trinajstić information content (AvgIpc) is 2.72. The third-order valence-corrected chi connectivity index (χ3v) is 5.62. The highest BCUT2D eigenvalue weighted by molar-refractivity contribution is 7.99. The molecule has 0 aliphatic carbocycles. The fourth-order valence-electron chi connectivity index (χ4n) is 2.90. The van der Waals surface area contributed by atoms with Gasteiger partial charge in [-0.05, 0) is 30.7 Å². The fraction of sp³-hybridized carbons (Fsp3) is 0.286. The summed E-state index contributed by atoms with van der Waals surface area (Å²) in [6.07, 6.45) is 0. The van der Waals surface area contributed by atoms with E-state index in [2.05, 4.69) is 10.3 Å². The average molecular weight is 432 g/mol. The molecule has 8 heteroatoms. The Balaban J connectivity index is 1.79. The summed E-state index contributed by atoms with van der Waals surface area (Å²) in [7, 11) is 1.57. The molecule has 1 aromatic heterocycles. The van der Waals surface area contributed by atoms with Crippen LogP contribution in [0.4, 0.5) is 0 Å². The molecule has 1 amide bonds. The number of carbonyl (C=O) groups is 1. The Bertz CT molecular complexity index is 1060. The van der Waals surface area contributed by atoms with E-state index in [1.165, 1.54) is 16.3 Å². The van der Waals surface area contributed by atoms with Gasteiger partial charge in [-0.2, -0.15) is 0 Å². The van der Waals surface area contributed by atoms with Crippen molar-refractivity contribution in [2.24, 2.45) is 0 Å². The maximum absolute atomic E-state index is 12.9. The van der Waals surface area contributed by atoms with Gasteiger partial charge in [0.25, 0.3) is 5.56 Å². The minimum atomic E-state index is -0.177. The summed E-state index contributed by atoms with van der Waals surface area (Å²) in [6, 6.07) is 14.6. The monoisotopic (exact) mass is 431 g/mol.